The van der Waals surface area contributed by atoms with Crippen molar-refractivity contribution in [3.8, 4) is 0 Å². The summed E-state index contributed by atoms with van der Waals surface area (Å²) in [6.45, 7) is 2.00. The average Bonchev–Trinajstić information content (AvgIpc) is 2.44. The van der Waals surface area contributed by atoms with Crippen molar-refractivity contribution in [1.82, 2.24) is 4.72 Å². The Balaban J connectivity index is 2.07. The summed E-state index contributed by atoms with van der Waals surface area (Å²) in [6, 6.07) is 6.80. The van der Waals surface area contributed by atoms with Gasteiger partial charge in [0, 0.05) is 5.69 Å². The number of hydrogen-bond acceptors (Lipinski definition) is 4. The Morgan fingerprint density at radius 3 is 2.38 bits per heavy atom. The standard InChI is InChI=1S/C15H24N2O3S/c1-12-6-8-15(11-18,9-7-12)17-21(19,20)10-13-2-4-14(16)5-3-13/h2-5,12,17-18H,6-11,16H2,1H3. The second-order valence-electron chi connectivity index (χ2n) is 6.22. The zero-order valence-corrected chi connectivity index (χ0v) is 13.2. The van der Waals surface area contributed by atoms with Crippen LogP contribution < -0.4 is 10.5 Å². The third-order valence-electron chi connectivity index (χ3n) is 4.24. The molecule has 2 rings (SSSR count). The van der Waals surface area contributed by atoms with E-state index >= 15 is 0 Å². The molecule has 0 unspecified atom stereocenters. The third kappa shape index (κ3) is 4.43. The minimum Gasteiger partial charge on any atom is -0.399 e. The number of sulfonamides is 1. The van der Waals surface area contributed by atoms with Gasteiger partial charge in [-0.25, -0.2) is 13.1 Å². The topological polar surface area (TPSA) is 92.4 Å². The van der Waals surface area contributed by atoms with Crippen molar-refractivity contribution < 1.29 is 13.5 Å². The number of hydrogen-bond donors (Lipinski definition) is 3. The van der Waals surface area contributed by atoms with E-state index in [0.29, 0.717) is 30.0 Å². The molecule has 1 fully saturated rings. The lowest BCUT2D eigenvalue weighted by atomic mass is 9.78. The monoisotopic (exact) mass is 312 g/mol. The first-order valence-electron chi connectivity index (χ1n) is 7.31. The first-order valence-corrected chi connectivity index (χ1v) is 8.96. The van der Waals surface area contributed by atoms with Crippen molar-refractivity contribution in [1.29, 1.82) is 0 Å². The molecule has 0 atom stereocenters. The van der Waals surface area contributed by atoms with Gasteiger partial charge < -0.3 is 10.8 Å². The first kappa shape index (κ1) is 16.3. The summed E-state index contributed by atoms with van der Waals surface area (Å²) in [5.41, 5.74) is 6.20. The normalized spacial score (nSPS) is 26.7. The number of nitrogen functional groups attached to an aromatic ring is 1. The van der Waals surface area contributed by atoms with E-state index in [0.717, 1.165) is 12.8 Å². The van der Waals surface area contributed by atoms with Gasteiger partial charge in [0.1, 0.15) is 0 Å². The molecular weight excluding hydrogens is 288 g/mol. The van der Waals surface area contributed by atoms with E-state index < -0.39 is 15.6 Å². The maximum absolute atomic E-state index is 12.3. The van der Waals surface area contributed by atoms with Gasteiger partial charge in [-0.2, -0.15) is 0 Å². The molecule has 1 aliphatic rings. The molecule has 0 aromatic heterocycles. The highest BCUT2D eigenvalue weighted by Crippen LogP contribution is 2.32. The highest BCUT2D eigenvalue weighted by atomic mass is 32.2. The van der Waals surface area contributed by atoms with Crippen LogP contribution in [0.25, 0.3) is 0 Å². The van der Waals surface area contributed by atoms with E-state index in [4.69, 9.17) is 5.73 Å². The van der Waals surface area contributed by atoms with Gasteiger partial charge in [-0.1, -0.05) is 19.1 Å². The van der Waals surface area contributed by atoms with Gasteiger partial charge in [-0.15, -0.1) is 0 Å². The summed E-state index contributed by atoms with van der Waals surface area (Å²) in [4.78, 5) is 0. The molecule has 118 valence electrons. The van der Waals surface area contributed by atoms with Crippen LogP contribution in [0.4, 0.5) is 5.69 Å². The Hall–Kier alpha value is -1.11. The van der Waals surface area contributed by atoms with Crippen LogP contribution >= 0.6 is 0 Å². The molecule has 1 aromatic rings. The summed E-state index contributed by atoms with van der Waals surface area (Å²) >= 11 is 0. The smallest absolute Gasteiger partial charge is 0.216 e. The number of benzene rings is 1. The maximum Gasteiger partial charge on any atom is 0.216 e. The fourth-order valence-corrected chi connectivity index (χ4v) is 4.44. The average molecular weight is 312 g/mol. The van der Waals surface area contributed by atoms with Crippen LogP contribution in [0.2, 0.25) is 0 Å². The number of rotatable bonds is 5. The van der Waals surface area contributed by atoms with Crippen LogP contribution in [-0.4, -0.2) is 25.7 Å². The van der Waals surface area contributed by atoms with Crippen LogP contribution in [-0.2, 0) is 15.8 Å². The number of nitrogens with two attached hydrogens (primary N) is 1. The lowest BCUT2D eigenvalue weighted by Crippen LogP contribution is -2.53. The summed E-state index contributed by atoms with van der Waals surface area (Å²) < 4.78 is 27.4. The summed E-state index contributed by atoms with van der Waals surface area (Å²) in [7, 11) is -3.49. The zero-order valence-electron chi connectivity index (χ0n) is 12.4. The Kier molecular flexibility index (Phi) is 4.91. The van der Waals surface area contributed by atoms with Crippen molar-refractivity contribution in [2.45, 2.75) is 43.9 Å². The maximum atomic E-state index is 12.3. The highest BCUT2D eigenvalue weighted by Gasteiger charge is 2.37. The molecule has 0 spiro atoms. The minimum atomic E-state index is -3.49. The molecule has 0 amide bonds. The SMILES string of the molecule is CC1CCC(CO)(NS(=O)(=O)Cc2ccc(N)cc2)CC1. The predicted molar refractivity (Wildman–Crippen MR) is 84.1 cm³/mol. The number of aliphatic hydroxyl groups is 1. The second-order valence-corrected chi connectivity index (χ2v) is 7.95. The van der Waals surface area contributed by atoms with Crippen LogP contribution in [0.15, 0.2) is 24.3 Å². The molecule has 0 bridgehead atoms. The largest absolute Gasteiger partial charge is 0.399 e. The van der Waals surface area contributed by atoms with Gasteiger partial charge in [0.05, 0.1) is 17.9 Å². The Morgan fingerprint density at radius 2 is 1.86 bits per heavy atom. The highest BCUT2D eigenvalue weighted by molar-refractivity contribution is 7.88. The third-order valence-corrected chi connectivity index (χ3v) is 5.70. The van der Waals surface area contributed by atoms with Crippen molar-refractivity contribution in [3.63, 3.8) is 0 Å². The Morgan fingerprint density at radius 1 is 1.29 bits per heavy atom. The molecule has 1 aromatic carbocycles. The van der Waals surface area contributed by atoms with E-state index in [9.17, 15) is 13.5 Å². The van der Waals surface area contributed by atoms with Crippen molar-refractivity contribution in [2.24, 2.45) is 5.92 Å². The Bertz CT molecular complexity index is 561. The van der Waals surface area contributed by atoms with E-state index in [1.165, 1.54) is 0 Å². The fourth-order valence-electron chi connectivity index (χ4n) is 2.81. The molecule has 1 saturated carbocycles. The quantitative estimate of drug-likeness (QED) is 0.721. The van der Waals surface area contributed by atoms with Crippen molar-refractivity contribution >= 4 is 15.7 Å². The molecular formula is C15H24N2O3S. The van der Waals surface area contributed by atoms with Crippen LogP contribution in [0.1, 0.15) is 38.2 Å². The molecule has 21 heavy (non-hydrogen) atoms. The molecule has 0 aliphatic heterocycles. The predicted octanol–water partition coefficient (Wildman–Crippen LogP) is 1.63. The second kappa shape index (κ2) is 6.34. The fraction of sp³-hybridized carbons (Fsp3) is 0.600. The molecule has 4 N–H and O–H groups in total. The molecule has 0 radical (unpaired) electrons. The summed E-state index contributed by atoms with van der Waals surface area (Å²) in [5, 5.41) is 9.65. The van der Waals surface area contributed by atoms with E-state index in [1.807, 2.05) is 0 Å². The van der Waals surface area contributed by atoms with E-state index in [1.54, 1.807) is 24.3 Å². The molecule has 6 heteroatoms. The molecule has 1 aliphatic carbocycles. The molecule has 5 nitrogen and oxygen atoms in total. The van der Waals surface area contributed by atoms with Gasteiger partial charge in [-0.3, -0.25) is 0 Å². The summed E-state index contributed by atoms with van der Waals surface area (Å²) in [5.74, 6) is 0.496. The molecule has 0 saturated heterocycles. The van der Waals surface area contributed by atoms with Gasteiger partial charge in [-0.05, 0) is 49.3 Å². The van der Waals surface area contributed by atoms with Gasteiger partial charge in [0.2, 0.25) is 10.0 Å². The number of aliphatic hydroxyl groups excluding tert-OH is 1. The summed E-state index contributed by atoms with van der Waals surface area (Å²) in [6.07, 6.45) is 3.24. The van der Waals surface area contributed by atoms with Crippen LogP contribution in [0.5, 0.6) is 0 Å². The van der Waals surface area contributed by atoms with Crippen LogP contribution in [0.3, 0.4) is 0 Å². The van der Waals surface area contributed by atoms with Gasteiger partial charge in [0.25, 0.3) is 0 Å². The zero-order chi connectivity index (χ0) is 15.5. The number of anilines is 1. The first-order chi connectivity index (χ1) is 9.84. The Labute approximate surface area is 126 Å². The minimum absolute atomic E-state index is 0.0927. The lowest BCUT2D eigenvalue weighted by Gasteiger charge is -2.38. The number of nitrogens with one attached hydrogen (secondary N) is 1. The van der Waals surface area contributed by atoms with Crippen molar-refractivity contribution in [2.75, 3.05) is 12.3 Å². The van der Waals surface area contributed by atoms with Crippen molar-refractivity contribution in [3.05, 3.63) is 29.8 Å². The molecule has 0 heterocycles. The van der Waals surface area contributed by atoms with Gasteiger partial charge in [0.15, 0.2) is 0 Å². The van der Waals surface area contributed by atoms with E-state index in [2.05, 4.69) is 11.6 Å². The van der Waals surface area contributed by atoms with Gasteiger partial charge >= 0.3 is 0 Å². The van der Waals surface area contributed by atoms with Crippen LogP contribution in [0, 0.1) is 5.92 Å². The van der Waals surface area contributed by atoms with E-state index in [-0.39, 0.29) is 12.4 Å². The lowest BCUT2D eigenvalue weighted by molar-refractivity contribution is 0.125.